The molecule has 4 rings (SSSR count). The third kappa shape index (κ3) is 5.10. The average molecular weight is 509 g/mol. The Morgan fingerprint density at radius 3 is 1.64 bits per heavy atom. The zero-order valence-electron chi connectivity index (χ0n) is 17.6. The molecule has 0 fully saturated rings. The van der Waals surface area contributed by atoms with Gasteiger partial charge in [-0.1, -0.05) is 0 Å². The van der Waals surface area contributed by atoms with Crippen LogP contribution < -0.4 is 0 Å². The molecular weight excluding hydrogens is 490 g/mol. The van der Waals surface area contributed by atoms with Crippen LogP contribution >= 0.6 is 34.4 Å². The number of carbonyl (C=O) groups is 2. The van der Waals surface area contributed by atoms with E-state index in [1.807, 2.05) is 10.8 Å². The van der Waals surface area contributed by atoms with Crippen molar-refractivity contribution in [2.45, 2.75) is 26.7 Å². The first-order valence-corrected chi connectivity index (χ1v) is 12.4. The van der Waals surface area contributed by atoms with Gasteiger partial charge in [0.05, 0.1) is 36.1 Å². The zero-order chi connectivity index (χ0) is 23.5. The van der Waals surface area contributed by atoms with E-state index in [9.17, 15) is 9.59 Å². The van der Waals surface area contributed by atoms with Crippen molar-refractivity contribution in [3.8, 4) is 20.9 Å². The summed E-state index contributed by atoms with van der Waals surface area (Å²) >= 11 is 3.44. The van der Waals surface area contributed by atoms with E-state index in [0.717, 1.165) is 22.9 Å². The van der Waals surface area contributed by atoms with Crippen molar-refractivity contribution in [3.05, 3.63) is 45.7 Å². The van der Waals surface area contributed by atoms with Crippen LogP contribution in [0.1, 0.15) is 25.0 Å². The molecule has 3 aromatic heterocycles. The highest BCUT2D eigenvalue weighted by Gasteiger charge is 2.26. The summed E-state index contributed by atoms with van der Waals surface area (Å²) in [7, 11) is 0. The van der Waals surface area contributed by atoms with Crippen LogP contribution in [0.2, 0.25) is 0 Å². The van der Waals surface area contributed by atoms with Crippen molar-refractivity contribution in [2.24, 2.45) is 0 Å². The average Bonchev–Trinajstić information content (AvgIpc) is 3.50. The van der Waals surface area contributed by atoms with E-state index in [1.165, 1.54) is 36.5 Å². The molecule has 0 atom stereocenters. The molecule has 0 saturated heterocycles. The zero-order valence-corrected chi connectivity index (χ0v) is 20.1. The molecule has 11 heteroatoms. The van der Waals surface area contributed by atoms with Gasteiger partial charge in [-0.15, -0.1) is 22.7 Å². The number of rotatable bonds is 8. The number of thiophene rings is 2. The van der Waals surface area contributed by atoms with E-state index in [0.29, 0.717) is 33.6 Å². The lowest BCUT2D eigenvalue weighted by molar-refractivity contribution is -0.141. The lowest BCUT2D eigenvalue weighted by Gasteiger charge is -2.08. The molecular formula is C22H18F2N2O4S3. The maximum atomic E-state index is 15.4. The Morgan fingerprint density at radius 1 is 0.818 bits per heavy atom. The standard InChI is InChI=1S/C22H18F2N2O4S3/c1-11(27)29-5-3-13-7-15(31-9-13)17-19(23)20(24)18(22-21(17)25-33-26-22)16-8-14(10-32-16)4-6-30-12(2)28/h7-10H,3-6H2,1-2H3. The van der Waals surface area contributed by atoms with E-state index in [1.54, 1.807) is 12.1 Å². The van der Waals surface area contributed by atoms with Crippen molar-refractivity contribution >= 4 is 57.4 Å². The molecule has 0 aliphatic rings. The molecule has 0 aliphatic carbocycles. The van der Waals surface area contributed by atoms with Crippen LogP contribution in [0.25, 0.3) is 31.9 Å². The first kappa shape index (κ1) is 23.4. The fraction of sp³-hybridized carbons (Fsp3) is 0.273. The molecule has 0 aliphatic heterocycles. The summed E-state index contributed by atoms with van der Waals surface area (Å²) in [6.45, 7) is 3.10. The summed E-state index contributed by atoms with van der Waals surface area (Å²) in [4.78, 5) is 22.9. The van der Waals surface area contributed by atoms with E-state index in [-0.39, 0.29) is 36.3 Å². The molecule has 6 nitrogen and oxygen atoms in total. The maximum absolute atomic E-state index is 15.4. The van der Waals surface area contributed by atoms with Gasteiger partial charge < -0.3 is 9.47 Å². The number of hydrogen-bond acceptors (Lipinski definition) is 9. The Balaban J connectivity index is 1.67. The summed E-state index contributed by atoms with van der Waals surface area (Å²) in [6.07, 6.45) is 0.948. The second-order valence-electron chi connectivity index (χ2n) is 7.16. The van der Waals surface area contributed by atoms with Gasteiger partial charge in [-0.05, 0) is 34.0 Å². The van der Waals surface area contributed by atoms with Crippen LogP contribution in [-0.4, -0.2) is 33.9 Å². The Bertz CT molecular complexity index is 1230. The van der Waals surface area contributed by atoms with Crippen molar-refractivity contribution in [1.82, 2.24) is 8.75 Å². The second kappa shape index (κ2) is 10.0. The Morgan fingerprint density at radius 2 is 1.24 bits per heavy atom. The molecule has 0 saturated carbocycles. The molecule has 0 amide bonds. The highest BCUT2D eigenvalue weighted by atomic mass is 32.1. The molecule has 4 aromatic rings. The monoisotopic (exact) mass is 508 g/mol. The third-order valence-electron chi connectivity index (χ3n) is 4.79. The van der Waals surface area contributed by atoms with Crippen LogP contribution in [-0.2, 0) is 31.9 Å². The van der Waals surface area contributed by atoms with Gasteiger partial charge >= 0.3 is 11.9 Å². The summed E-state index contributed by atoms with van der Waals surface area (Å²) in [5.41, 5.74) is 2.47. The summed E-state index contributed by atoms with van der Waals surface area (Å²) in [5.74, 6) is -2.69. The lowest BCUT2D eigenvalue weighted by Crippen LogP contribution is -2.02. The molecule has 0 bridgehead atoms. The minimum atomic E-state index is -0.978. The molecule has 172 valence electrons. The summed E-state index contributed by atoms with van der Waals surface area (Å²) < 4.78 is 49.1. The van der Waals surface area contributed by atoms with Gasteiger partial charge in [-0.25, -0.2) is 8.78 Å². The van der Waals surface area contributed by atoms with Crippen molar-refractivity contribution < 1.29 is 27.8 Å². The lowest BCUT2D eigenvalue weighted by atomic mass is 10.0. The number of aromatic nitrogens is 2. The molecule has 0 unspecified atom stereocenters. The SMILES string of the molecule is CC(=O)OCCc1csc(-c2c(F)c(F)c(-c3cc(CCOC(C)=O)cs3)c3nsnc23)c1. The number of nitrogens with zero attached hydrogens (tertiary/aromatic N) is 2. The number of benzene rings is 1. The fourth-order valence-electron chi connectivity index (χ4n) is 3.29. The predicted molar refractivity (Wildman–Crippen MR) is 125 cm³/mol. The van der Waals surface area contributed by atoms with Gasteiger partial charge in [0.1, 0.15) is 11.0 Å². The number of esters is 2. The second-order valence-corrected chi connectivity index (χ2v) is 9.51. The molecule has 0 radical (unpaired) electrons. The summed E-state index contributed by atoms with van der Waals surface area (Å²) in [6, 6.07) is 3.51. The Kier molecular flexibility index (Phi) is 7.11. The van der Waals surface area contributed by atoms with Gasteiger partial charge in [0.15, 0.2) is 11.6 Å². The quantitative estimate of drug-likeness (QED) is 0.287. The van der Waals surface area contributed by atoms with Gasteiger partial charge in [-0.3, -0.25) is 9.59 Å². The van der Waals surface area contributed by atoms with Crippen molar-refractivity contribution in [1.29, 1.82) is 0 Å². The summed E-state index contributed by atoms with van der Waals surface area (Å²) in [5, 5.41) is 3.65. The maximum Gasteiger partial charge on any atom is 0.302 e. The first-order chi connectivity index (χ1) is 15.8. The number of halogens is 2. The van der Waals surface area contributed by atoms with E-state index in [4.69, 9.17) is 9.47 Å². The Labute approximate surface area is 200 Å². The molecule has 0 N–H and O–H groups in total. The van der Waals surface area contributed by atoms with Gasteiger partial charge in [0.2, 0.25) is 0 Å². The van der Waals surface area contributed by atoms with Crippen LogP contribution in [0.15, 0.2) is 22.9 Å². The number of ether oxygens (including phenoxy) is 2. The van der Waals surface area contributed by atoms with Crippen molar-refractivity contribution in [3.63, 3.8) is 0 Å². The van der Waals surface area contributed by atoms with E-state index < -0.39 is 11.6 Å². The topological polar surface area (TPSA) is 78.4 Å². The predicted octanol–water partition coefficient (Wildman–Crippen LogP) is 5.64. The number of hydrogen-bond donors (Lipinski definition) is 0. The van der Waals surface area contributed by atoms with Gasteiger partial charge in [-0.2, -0.15) is 8.75 Å². The van der Waals surface area contributed by atoms with E-state index in [2.05, 4.69) is 8.75 Å². The van der Waals surface area contributed by atoms with Gasteiger partial charge in [0, 0.05) is 36.4 Å². The van der Waals surface area contributed by atoms with Crippen LogP contribution in [0, 0.1) is 11.6 Å². The van der Waals surface area contributed by atoms with Crippen LogP contribution in [0.4, 0.5) is 8.78 Å². The molecule has 3 heterocycles. The number of carbonyl (C=O) groups excluding carboxylic acids is 2. The first-order valence-electron chi connectivity index (χ1n) is 9.90. The minimum Gasteiger partial charge on any atom is -0.466 e. The largest absolute Gasteiger partial charge is 0.466 e. The fourth-order valence-corrected chi connectivity index (χ4v) is 5.83. The normalized spacial score (nSPS) is 11.2. The number of fused-ring (bicyclic) bond motifs is 1. The molecule has 1 aromatic carbocycles. The molecule has 0 spiro atoms. The van der Waals surface area contributed by atoms with Crippen molar-refractivity contribution in [2.75, 3.05) is 13.2 Å². The highest BCUT2D eigenvalue weighted by Crippen LogP contribution is 2.42. The minimum absolute atomic E-state index is 0.0791. The van der Waals surface area contributed by atoms with Crippen LogP contribution in [0.3, 0.4) is 0 Å². The Hall–Kier alpha value is -2.76. The molecule has 33 heavy (non-hydrogen) atoms. The van der Waals surface area contributed by atoms with Gasteiger partial charge in [0.25, 0.3) is 0 Å². The third-order valence-corrected chi connectivity index (χ3v) is 7.31. The van der Waals surface area contributed by atoms with Crippen LogP contribution in [0.5, 0.6) is 0 Å². The van der Waals surface area contributed by atoms with E-state index >= 15 is 8.78 Å². The highest BCUT2D eigenvalue weighted by molar-refractivity contribution is 7.14. The smallest absolute Gasteiger partial charge is 0.302 e.